The number of para-hydroxylation sites is 1. The molecular weight excluding hydrogens is 262 g/mol. The van der Waals surface area contributed by atoms with Crippen LogP contribution in [0.1, 0.15) is 32.4 Å². The van der Waals surface area contributed by atoms with Gasteiger partial charge in [0.05, 0.1) is 17.6 Å². The van der Waals surface area contributed by atoms with Gasteiger partial charge in [0.2, 0.25) is 0 Å². The second-order valence-corrected chi connectivity index (χ2v) is 6.22. The number of rotatable bonds is 4. The number of aromatic nitrogens is 2. The van der Waals surface area contributed by atoms with Crippen molar-refractivity contribution in [3.05, 3.63) is 30.0 Å². The van der Waals surface area contributed by atoms with E-state index in [0.29, 0.717) is 12.2 Å². The van der Waals surface area contributed by atoms with E-state index in [1.165, 1.54) is 0 Å². The Morgan fingerprint density at radius 1 is 1.43 bits per heavy atom. The topological polar surface area (TPSA) is 46.9 Å². The van der Waals surface area contributed by atoms with Crippen molar-refractivity contribution in [3.8, 4) is 0 Å². The van der Waals surface area contributed by atoms with E-state index in [1.54, 1.807) is 0 Å². The predicted molar refractivity (Wildman–Crippen MR) is 84.3 cm³/mol. The second kappa shape index (κ2) is 5.60. The molecule has 1 unspecified atom stereocenters. The third-order valence-corrected chi connectivity index (χ3v) is 4.63. The summed E-state index contributed by atoms with van der Waals surface area (Å²) in [5.41, 5.74) is 1.80. The number of ketones is 1. The van der Waals surface area contributed by atoms with E-state index in [-0.39, 0.29) is 5.41 Å². The first-order valence-corrected chi connectivity index (χ1v) is 7.82. The molecular formula is C17H23N3O. The Bertz CT molecular complexity index is 653. The predicted octanol–water partition coefficient (Wildman–Crippen LogP) is 2.56. The summed E-state index contributed by atoms with van der Waals surface area (Å²) < 4.78 is 1.99. The molecule has 4 nitrogen and oxygen atoms in total. The Labute approximate surface area is 125 Å². The van der Waals surface area contributed by atoms with Gasteiger partial charge in [0.15, 0.2) is 0 Å². The Morgan fingerprint density at radius 2 is 2.24 bits per heavy atom. The molecule has 21 heavy (non-hydrogen) atoms. The van der Waals surface area contributed by atoms with Crippen LogP contribution in [0.15, 0.2) is 24.3 Å². The maximum atomic E-state index is 12.7. The fourth-order valence-electron chi connectivity index (χ4n) is 3.23. The van der Waals surface area contributed by atoms with Crippen LogP contribution in [-0.2, 0) is 17.8 Å². The van der Waals surface area contributed by atoms with Gasteiger partial charge in [0, 0.05) is 23.9 Å². The molecule has 1 atom stereocenters. The van der Waals surface area contributed by atoms with Crippen molar-refractivity contribution in [2.75, 3.05) is 13.1 Å². The molecule has 2 heterocycles. The lowest BCUT2D eigenvalue weighted by molar-refractivity contribution is -0.128. The van der Waals surface area contributed by atoms with Gasteiger partial charge < -0.3 is 5.32 Å². The Balaban J connectivity index is 1.89. The highest BCUT2D eigenvalue weighted by Gasteiger charge is 2.34. The van der Waals surface area contributed by atoms with Gasteiger partial charge in [-0.25, -0.2) is 0 Å². The summed E-state index contributed by atoms with van der Waals surface area (Å²) in [4.78, 5) is 12.7. The average Bonchev–Trinajstić information content (AvgIpc) is 2.86. The van der Waals surface area contributed by atoms with E-state index in [4.69, 9.17) is 0 Å². The number of benzene rings is 1. The van der Waals surface area contributed by atoms with Gasteiger partial charge in [0.1, 0.15) is 5.78 Å². The fraction of sp³-hybridized carbons (Fsp3) is 0.529. The minimum atomic E-state index is -0.241. The van der Waals surface area contributed by atoms with Crippen molar-refractivity contribution in [1.29, 1.82) is 0 Å². The molecule has 1 saturated heterocycles. The summed E-state index contributed by atoms with van der Waals surface area (Å²) in [6.45, 7) is 6.81. The summed E-state index contributed by atoms with van der Waals surface area (Å²) in [6, 6.07) is 8.18. The van der Waals surface area contributed by atoms with Crippen LogP contribution >= 0.6 is 0 Å². The van der Waals surface area contributed by atoms with Crippen LogP contribution in [0.2, 0.25) is 0 Å². The maximum absolute atomic E-state index is 12.7. The van der Waals surface area contributed by atoms with Crippen molar-refractivity contribution in [2.24, 2.45) is 5.41 Å². The molecule has 0 bridgehead atoms. The van der Waals surface area contributed by atoms with Crippen molar-refractivity contribution in [1.82, 2.24) is 15.1 Å². The first-order chi connectivity index (χ1) is 10.1. The van der Waals surface area contributed by atoms with Gasteiger partial charge >= 0.3 is 0 Å². The number of carbonyl (C=O) groups excluding carboxylic acids is 1. The number of aryl methyl sites for hydroxylation is 1. The maximum Gasteiger partial charge on any atom is 0.146 e. The van der Waals surface area contributed by atoms with Gasteiger partial charge in [-0.1, -0.05) is 25.1 Å². The summed E-state index contributed by atoms with van der Waals surface area (Å²) in [5.74, 6) is 0.307. The number of Topliss-reactive ketones (excluding diaryl/α,β-unsaturated/α-hetero) is 1. The summed E-state index contributed by atoms with van der Waals surface area (Å²) >= 11 is 0. The lowest BCUT2D eigenvalue weighted by Crippen LogP contribution is -2.44. The number of hydrogen-bond donors (Lipinski definition) is 1. The van der Waals surface area contributed by atoms with Gasteiger partial charge in [-0.2, -0.15) is 5.10 Å². The highest BCUT2D eigenvalue weighted by molar-refractivity contribution is 5.91. The summed E-state index contributed by atoms with van der Waals surface area (Å²) in [5, 5.41) is 9.11. The summed E-state index contributed by atoms with van der Waals surface area (Å²) in [7, 11) is 0. The number of nitrogens with one attached hydrogen (secondary N) is 1. The highest BCUT2D eigenvalue weighted by atomic mass is 16.1. The molecule has 1 N–H and O–H groups in total. The van der Waals surface area contributed by atoms with Gasteiger partial charge in [0.25, 0.3) is 0 Å². The standard InChI is InChI=1S/C17H23N3O/c1-3-20-15-8-5-4-7-13(15)14(19-20)11-16(21)17(2)9-6-10-18-12-17/h4-5,7-8,18H,3,6,9-12H2,1-2H3. The quantitative estimate of drug-likeness (QED) is 0.939. The van der Waals surface area contributed by atoms with Crippen LogP contribution in [-0.4, -0.2) is 28.7 Å². The number of piperidine rings is 1. The van der Waals surface area contributed by atoms with Crippen molar-refractivity contribution >= 4 is 16.7 Å². The summed E-state index contributed by atoms with van der Waals surface area (Å²) in [6.07, 6.45) is 2.49. The first kappa shape index (κ1) is 14.3. The minimum absolute atomic E-state index is 0.241. The Morgan fingerprint density at radius 3 is 2.95 bits per heavy atom. The first-order valence-electron chi connectivity index (χ1n) is 7.82. The zero-order valence-electron chi connectivity index (χ0n) is 12.9. The van der Waals surface area contributed by atoms with Crippen LogP contribution in [0.5, 0.6) is 0 Å². The molecule has 4 heteroatoms. The molecule has 1 aromatic heterocycles. The zero-order chi connectivity index (χ0) is 14.9. The SMILES string of the molecule is CCn1nc(CC(=O)C2(C)CCCNC2)c2ccccc21. The van der Waals surface area contributed by atoms with Gasteiger partial charge in [-0.05, 0) is 32.4 Å². The van der Waals surface area contributed by atoms with E-state index >= 15 is 0 Å². The smallest absolute Gasteiger partial charge is 0.146 e. The third-order valence-electron chi connectivity index (χ3n) is 4.63. The van der Waals surface area contributed by atoms with Crippen LogP contribution < -0.4 is 5.32 Å². The normalized spacial score (nSPS) is 22.6. The number of hydrogen-bond acceptors (Lipinski definition) is 3. The molecule has 0 saturated carbocycles. The largest absolute Gasteiger partial charge is 0.316 e. The Kier molecular flexibility index (Phi) is 3.81. The molecule has 3 rings (SSSR count). The lowest BCUT2D eigenvalue weighted by Gasteiger charge is -2.32. The van der Waals surface area contributed by atoms with Gasteiger partial charge in [-0.3, -0.25) is 9.48 Å². The number of carbonyl (C=O) groups is 1. The molecule has 1 aliphatic rings. The van der Waals surface area contributed by atoms with E-state index in [1.807, 2.05) is 16.8 Å². The van der Waals surface area contributed by atoms with E-state index in [9.17, 15) is 4.79 Å². The molecule has 1 fully saturated rings. The van der Waals surface area contributed by atoms with E-state index in [0.717, 1.165) is 49.1 Å². The Hall–Kier alpha value is -1.68. The van der Waals surface area contributed by atoms with Crippen LogP contribution in [0.3, 0.4) is 0 Å². The van der Waals surface area contributed by atoms with Gasteiger partial charge in [-0.15, -0.1) is 0 Å². The fourth-order valence-corrected chi connectivity index (χ4v) is 3.23. The average molecular weight is 285 g/mol. The number of fused-ring (bicyclic) bond motifs is 1. The molecule has 0 spiro atoms. The van der Waals surface area contributed by atoms with Crippen LogP contribution in [0, 0.1) is 5.41 Å². The molecule has 1 aromatic carbocycles. The molecule has 112 valence electrons. The zero-order valence-corrected chi connectivity index (χ0v) is 12.9. The molecule has 1 aliphatic heterocycles. The number of nitrogens with zero attached hydrogens (tertiary/aromatic N) is 2. The molecule has 2 aromatic rings. The van der Waals surface area contributed by atoms with Crippen molar-refractivity contribution < 1.29 is 4.79 Å². The van der Waals surface area contributed by atoms with Crippen LogP contribution in [0.4, 0.5) is 0 Å². The highest BCUT2D eigenvalue weighted by Crippen LogP contribution is 2.29. The van der Waals surface area contributed by atoms with Crippen molar-refractivity contribution in [2.45, 2.75) is 39.7 Å². The third kappa shape index (κ3) is 2.60. The minimum Gasteiger partial charge on any atom is -0.316 e. The second-order valence-electron chi connectivity index (χ2n) is 6.22. The molecule has 0 aliphatic carbocycles. The molecule has 0 radical (unpaired) electrons. The molecule has 0 amide bonds. The van der Waals surface area contributed by atoms with E-state index in [2.05, 4.69) is 36.4 Å². The van der Waals surface area contributed by atoms with Crippen molar-refractivity contribution in [3.63, 3.8) is 0 Å². The van der Waals surface area contributed by atoms with E-state index < -0.39 is 0 Å². The lowest BCUT2D eigenvalue weighted by atomic mass is 9.77. The van der Waals surface area contributed by atoms with Crippen LogP contribution in [0.25, 0.3) is 10.9 Å². The monoisotopic (exact) mass is 285 g/mol.